The molecule has 0 fully saturated rings. The molecular formula is C9H14S2. The summed E-state index contributed by atoms with van der Waals surface area (Å²) < 4.78 is 0. The van der Waals surface area contributed by atoms with E-state index in [-0.39, 0.29) is 0 Å². The molecule has 1 rings (SSSR count). The van der Waals surface area contributed by atoms with Gasteiger partial charge in [0.2, 0.25) is 0 Å². The van der Waals surface area contributed by atoms with Crippen LogP contribution in [0.5, 0.6) is 0 Å². The second-order valence-corrected chi connectivity index (χ2v) is 4.63. The minimum absolute atomic E-state index is 0.686. The van der Waals surface area contributed by atoms with E-state index in [0.29, 0.717) is 5.92 Å². The first-order valence-corrected chi connectivity index (χ1v) is 5.36. The van der Waals surface area contributed by atoms with Crippen molar-refractivity contribution in [3.05, 3.63) is 21.9 Å². The molecule has 0 amide bonds. The summed E-state index contributed by atoms with van der Waals surface area (Å²) in [6, 6.07) is 4.42. The van der Waals surface area contributed by atoms with Crippen molar-refractivity contribution < 1.29 is 0 Å². The number of hydrogen-bond donors (Lipinski definition) is 1. The number of rotatable bonds is 3. The molecular weight excluding hydrogens is 172 g/mol. The van der Waals surface area contributed by atoms with Crippen molar-refractivity contribution in [2.45, 2.75) is 26.2 Å². The fraction of sp³-hybridized carbons (Fsp3) is 0.556. The molecule has 0 radical (unpaired) electrons. The molecule has 62 valence electrons. The molecule has 0 N–H and O–H groups in total. The Hall–Kier alpha value is 0.0500. The summed E-state index contributed by atoms with van der Waals surface area (Å²) in [5.41, 5.74) is 0. The van der Waals surface area contributed by atoms with Gasteiger partial charge in [-0.1, -0.05) is 6.92 Å². The second kappa shape index (κ2) is 4.17. The summed E-state index contributed by atoms with van der Waals surface area (Å²) in [5, 5.41) is 0. The van der Waals surface area contributed by atoms with Gasteiger partial charge >= 0.3 is 0 Å². The van der Waals surface area contributed by atoms with E-state index in [2.05, 4.69) is 38.6 Å². The predicted octanol–water partition coefficient (Wildman–Crippen LogP) is 3.48. The largest absolute Gasteiger partial charge is 0.179 e. The van der Waals surface area contributed by atoms with Gasteiger partial charge < -0.3 is 0 Å². The van der Waals surface area contributed by atoms with E-state index in [4.69, 9.17) is 0 Å². The van der Waals surface area contributed by atoms with Crippen LogP contribution >= 0.6 is 24.0 Å². The predicted molar refractivity (Wildman–Crippen MR) is 55.9 cm³/mol. The molecule has 11 heavy (non-hydrogen) atoms. The fourth-order valence-electron chi connectivity index (χ4n) is 1.05. The van der Waals surface area contributed by atoms with Crippen LogP contribution in [0.2, 0.25) is 0 Å². The SMILES string of the molecule is Cc1ccc(C(C)CCS)s1. The summed E-state index contributed by atoms with van der Waals surface area (Å²) in [7, 11) is 0. The van der Waals surface area contributed by atoms with Crippen molar-refractivity contribution in [3.63, 3.8) is 0 Å². The molecule has 1 heterocycles. The monoisotopic (exact) mass is 186 g/mol. The Morgan fingerprint density at radius 3 is 2.73 bits per heavy atom. The molecule has 1 atom stereocenters. The van der Waals surface area contributed by atoms with Crippen molar-refractivity contribution in [1.82, 2.24) is 0 Å². The molecule has 0 nitrogen and oxygen atoms in total. The number of hydrogen-bond acceptors (Lipinski definition) is 2. The Labute approximate surface area is 78.1 Å². The topological polar surface area (TPSA) is 0 Å². The van der Waals surface area contributed by atoms with Crippen molar-refractivity contribution in [2.24, 2.45) is 0 Å². The first kappa shape index (κ1) is 9.14. The zero-order valence-electron chi connectivity index (χ0n) is 7.00. The summed E-state index contributed by atoms with van der Waals surface area (Å²) in [5.74, 6) is 1.67. The summed E-state index contributed by atoms with van der Waals surface area (Å²) in [6.07, 6.45) is 1.18. The highest BCUT2D eigenvalue weighted by atomic mass is 32.1. The third-order valence-electron chi connectivity index (χ3n) is 1.81. The first-order valence-electron chi connectivity index (χ1n) is 3.91. The third kappa shape index (κ3) is 2.53. The standard InChI is InChI=1S/C9H14S2/c1-7(5-6-10)9-4-3-8(2)11-9/h3-4,7,10H,5-6H2,1-2H3. The van der Waals surface area contributed by atoms with Gasteiger partial charge in [-0.05, 0) is 37.1 Å². The molecule has 0 spiro atoms. The number of aryl methyl sites for hydroxylation is 1. The van der Waals surface area contributed by atoms with Crippen LogP contribution in [-0.4, -0.2) is 5.75 Å². The van der Waals surface area contributed by atoms with E-state index < -0.39 is 0 Å². The normalized spacial score (nSPS) is 13.4. The fourth-order valence-corrected chi connectivity index (χ4v) is 2.40. The van der Waals surface area contributed by atoms with Crippen molar-refractivity contribution in [3.8, 4) is 0 Å². The molecule has 2 heteroatoms. The van der Waals surface area contributed by atoms with Crippen LogP contribution in [0.4, 0.5) is 0 Å². The highest BCUT2D eigenvalue weighted by Crippen LogP contribution is 2.26. The van der Waals surface area contributed by atoms with Crippen LogP contribution in [0, 0.1) is 6.92 Å². The Morgan fingerprint density at radius 2 is 2.27 bits per heavy atom. The molecule has 0 aliphatic heterocycles. The average Bonchev–Trinajstić information content (AvgIpc) is 2.36. The smallest absolute Gasteiger partial charge is 0.00765 e. The van der Waals surface area contributed by atoms with Gasteiger partial charge in [-0.3, -0.25) is 0 Å². The average molecular weight is 186 g/mol. The van der Waals surface area contributed by atoms with Gasteiger partial charge in [-0.2, -0.15) is 12.6 Å². The van der Waals surface area contributed by atoms with E-state index in [1.807, 2.05) is 11.3 Å². The van der Waals surface area contributed by atoms with Crippen LogP contribution < -0.4 is 0 Å². The molecule has 0 aliphatic rings. The number of thiophene rings is 1. The lowest BCUT2D eigenvalue weighted by atomic mass is 10.1. The van der Waals surface area contributed by atoms with Gasteiger partial charge in [0.1, 0.15) is 0 Å². The van der Waals surface area contributed by atoms with Crippen molar-refractivity contribution >= 4 is 24.0 Å². The van der Waals surface area contributed by atoms with Gasteiger partial charge in [0.15, 0.2) is 0 Å². The molecule has 1 unspecified atom stereocenters. The Morgan fingerprint density at radius 1 is 1.55 bits per heavy atom. The Balaban J connectivity index is 2.60. The lowest BCUT2D eigenvalue weighted by Gasteiger charge is -2.05. The van der Waals surface area contributed by atoms with E-state index in [9.17, 15) is 0 Å². The Kier molecular flexibility index (Phi) is 3.46. The lowest BCUT2D eigenvalue weighted by Crippen LogP contribution is -1.89. The van der Waals surface area contributed by atoms with Crippen LogP contribution in [-0.2, 0) is 0 Å². The first-order chi connectivity index (χ1) is 5.24. The van der Waals surface area contributed by atoms with Crippen molar-refractivity contribution in [1.29, 1.82) is 0 Å². The zero-order valence-corrected chi connectivity index (χ0v) is 8.71. The maximum Gasteiger partial charge on any atom is 0.00765 e. The van der Waals surface area contributed by atoms with Gasteiger partial charge in [0, 0.05) is 9.75 Å². The van der Waals surface area contributed by atoms with Crippen LogP contribution in [0.15, 0.2) is 12.1 Å². The van der Waals surface area contributed by atoms with Gasteiger partial charge in [-0.25, -0.2) is 0 Å². The molecule has 0 saturated carbocycles. The molecule has 1 aromatic rings. The molecule has 1 aromatic heterocycles. The highest BCUT2D eigenvalue weighted by molar-refractivity contribution is 7.80. The molecule has 0 aliphatic carbocycles. The second-order valence-electron chi connectivity index (χ2n) is 2.86. The summed E-state index contributed by atoms with van der Waals surface area (Å²) in [4.78, 5) is 2.91. The van der Waals surface area contributed by atoms with Crippen LogP contribution in [0.25, 0.3) is 0 Å². The quantitative estimate of drug-likeness (QED) is 0.686. The van der Waals surface area contributed by atoms with Crippen molar-refractivity contribution in [2.75, 3.05) is 5.75 Å². The van der Waals surface area contributed by atoms with E-state index in [0.717, 1.165) is 5.75 Å². The Bertz CT molecular complexity index is 215. The minimum Gasteiger partial charge on any atom is -0.179 e. The lowest BCUT2D eigenvalue weighted by molar-refractivity contribution is 0.757. The summed E-state index contributed by atoms with van der Waals surface area (Å²) >= 11 is 6.12. The van der Waals surface area contributed by atoms with Crippen LogP contribution in [0.1, 0.15) is 29.0 Å². The maximum atomic E-state index is 4.22. The molecule has 0 aromatic carbocycles. The maximum absolute atomic E-state index is 4.22. The minimum atomic E-state index is 0.686. The van der Waals surface area contributed by atoms with Gasteiger partial charge in [-0.15, -0.1) is 11.3 Å². The number of thiol groups is 1. The summed E-state index contributed by atoms with van der Waals surface area (Å²) in [6.45, 7) is 4.42. The van der Waals surface area contributed by atoms with E-state index >= 15 is 0 Å². The van der Waals surface area contributed by atoms with E-state index in [1.165, 1.54) is 16.2 Å². The molecule has 0 saturated heterocycles. The van der Waals surface area contributed by atoms with Gasteiger partial charge in [0.05, 0.1) is 0 Å². The zero-order chi connectivity index (χ0) is 8.27. The highest BCUT2D eigenvalue weighted by Gasteiger charge is 2.05. The van der Waals surface area contributed by atoms with E-state index in [1.54, 1.807) is 0 Å². The van der Waals surface area contributed by atoms with Crippen LogP contribution in [0.3, 0.4) is 0 Å². The molecule has 0 bridgehead atoms. The third-order valence-corrected chi connectivity index (χ3v) is 3.30. The van der Waals surface area contributed by atoms with Gasteiger partial charge in [0.25, 0.3) is 0 Å².